The first-order valence-electron chi connectivity index (χ1n) is 9.70. The number of fused-ring (bicyclic) bond motifs is 2. The van der Waals surface area contributed by atoms with Crippen LogP contribution in [0.4, 0.5) is 0 Å². The van der Waals surface area contributed by atoms with E-state index in [1.165, 1.54) is 0 Å². The maximum atomic E-state index is 13.1. The Balaban J connectivity index is 1.42. The number of carbonyl (C=O) groups excluding carboxylic acids is 1. The number of nitriles is 1. The maximum absolute atomic E-state index is 13.1. The second-order valence-electron chi connectivity index (χ2n) is 7.23. The van der Waals surface area contributed by atoms with Gasteiger partial charge < -0.3 is 14.6 Å². The topological polar surface area (TPSA) is 82.0 Å². The molecule has 1 aliphatic heterocycles. The van der Waals surface area contributed by atoms with E-state index in [0.29, 0.717) is 36.6 Å². The quantitative estimate of drug-likeness (QED) is 0.566. The molecule has 3 heterocycles. The highest BCUT2D eigenvalue weighted by molar-refractivity contribution is 5.98. The number of H-pyrrole nitrogens is 1. The molecule has 4 aromatic rings. The molecule has 146 valence electrons. The molecule has 1 amide bonds. The highest BCUT2D eigenvalue weighted by Crippen LogP contribution is 2.31. The zero-order chi connectivity index (χ0) is 20.5. The predicted molar refractivity (Wildman–Crippen MR) is 113 cm³/mol. The summed E-state index contributed by atoms with van der Waals surface area (Å²) in [5.74, 6) is 0.534. The first kappa shape index (κ1) is 18.0. The van der Waals surface area contributed by atoms with Crippen molar-refractivity contribution >= 4 is 16.9 Å². The SMILES string of the molecule is N#Cc1ccc(CN2CCOc3cc(-c4cnc5[nH]ccc5c4)ccc3C2=O)cc1. The Morgan fingerprint density at radius 2 is 1.97 bits per heavy atom. The van der Waals surface area contributed by atoms with Crippen LogP contribution in [0.15, 0.2) is 67.0 Å². The molecule has 0 aliphatic carbocycles. The lowest BCUT2D eigenvalue weighted by Crippen LogP contribution is -2.31. The van der Waals surface area contributed by atoms with E-state index in [9.17, 15) is 4.79 Å². The van der Waals surface area contributed by atoms with Crippen LogP contribution in [0.1, 0.15) is 21.5 Å². The van der Waals surface area contributed by atoms with E-state index in [-0.39, 0.29) is 5.91 Å². The van der Waals surface area contributed by atoms with Crippen LogP contribution in [0.2, 0.25) is 0 Å². The second-order valence-corrected chi connectivity index (χ2v) is 7.23. The number of pyridine rings is 1. The molecule has 1 aliphatic rings. The van der Waals surface area contributed by atoms with Gasteiger partial charge in [0.15, 0.2) is 0 Å². The molecular weight excluding hydrogens is 376 g/mol. The molecule has 6 nitrogen and oxygen atoms in total. The van der Waals surface area contributed by atoms with Gasteiger partial charge in [0, 0.05) is 29.9 Å². The number of aromatic amines is 1. The Morgan fingerprint density at radius 1 is 1.10 bits per heavy atom. The molecule has 6 heteroatoms. The minimum absolute atomic E-state index is 0.0578. The number of ether oxygens (including phenoxy) is 1. The van der Waals surface area contributed by atoms with E-state index < -0.39 is 0 Å². The molecule has 1 N–H and O–H groups in total. The molecule has 0 unspecified atom stereocenters. The van der Waals surface area contributed by atoms with E-state index in [2.05, 4.69) is 22.1 Å². The Hall–Kier alpha value is -4.11. The van der Waals surface area contributed by atoms with Gasteiger partial charge in [-0.2, -0.15) is 5.26 Å². The zero-order valence-corrected chi connectivity index (χ0v) is 16.1. The van der Waals surface area contributed by atoms with Crippen molar-refractivity contribution in [3.8, 4) is 22.9 Å². The Morgan fingerprint density at radius 3 is 2.80 bits per heavy atom. The lowest BCUT2D eigenvalue weighted by molar-refractivity contribution is 0.0743. The molecule has 0 radical (unpaired) electrons. The van der Waals surface area contributed by atoms with Gasteiger partial charge in [0.1, 0.15) is 18.0 Å². The fraction of sp³-hybridized carbons (Fsp3) is 0.125. The standard InChI is InChI=1S/C24H18N4O2/c25-13-16-1-3-17(4-2-16)15-28-9-10-30-22-12-18(5-6-21(22)24(28)29)20-11-19-7-8-26-23(19)27-14-20/h1-8,11-12,14H,9-10,15H2,(H,26,27). The van der Waals surface area contributed by atoms with Gasteiger partial charge in [-0.1, -0.05) is 18.2 Å². The fourth-order valence-corrected chi connectivity index (χ4v) is 3.69. The molecule has 0 bridgehead atoms. The minimum Gasteiger partial charge on any atom is -0.491 e. The summed E-state index contributed by atoms with van der Waals surface area (Å²) < 4.78 is 5.93. The highest BCUT2D eigenvalue weighted by atomic mass is 16.5. The summed E-state index contributed by atoms with van der Waals surface area (Å²) in [5, 5.41) is 9.98. The van der Waals surface area contributed by atoms with Crippen LogP contribution in [0.5, 0.6) is 5.75 Å². The number of carbonyl (C=O) groups is 1. The van der Waals surface area contributed by atoms with Crippen LogP contribution in [0.25, 0.3) is 22.2 Å². The van der Waals surface area contributed by atoms with Crippen molar-refractivity contribution in [1.29, 1.82) is 5.26 Å². The maximum Gasteiger partial charge on any atom is 0.258 e. The average molecular weight is 394 g/mol. The summed E-state index contributed by atoms with van der Waals surface area (Å²) in [6.07, 6.45) is 3.68. The number of aromatic nitrogens is 2. The summed E-state index contributed by atoms with van der Waals surface area (Å²) in [6.45, 7) is 1.40. The van der Waals surface area contributed by atoms with Crippen molar-refractivity contribution in [2.45, 2.75) is 6.54 Å². The average Bonchev–Trinajstić information content (AvgIpc) is 3.20. The van der Waals surface area contributed by atoms with Gasteiger partial charge in [-0.3, -0.25) is 4.79 Å². The largest absolute Gasteiger partial charge is 0.491 e. The van der Waals surface area contributed by atoms with E-state index in [1.807, 2.05) is 48.8 Å². The number of amides is 1. The lowest BCUT2D eigenvalue weighted by Gasteiger charge is -2.20. The van der Waals surface area contributed by atoms with Crippen LogP contribution in [-0.4, -0.2) is 33.9 Å². The highest BCUT2D eigenvalue weighted by Gasteiger charge is 2.24. The molecular formula is C24H18N4O2. The van der Waals surface area contributed by atoms with Crippen molar-refractivity contribution in [1.82, 2.24) is 14.9 Å². The number of hydrogen-bond acceptors (Lipinski definition) is 4. The smallest absolute Gasteiger partial charge is 0.258 e. The molecule has 0 fully saturated rings. The van der Waals surface area contributed by atoms with Crippen LogP contribution in [0.3, 0.4) is 0 Å². The van der Waals surface area contributed by atoms with Crippen molar-refractivity contribution < 1.29 is 9.53 Å². The number of nitrogens with one attached hydrogen (secondary N) is 1. The number of benzene rings is 2. The van der Waals surface area contributed by atoms with E-state index in [0.717, 1.165) is 27.7 Å². The molecule has 5 rings (SSSR count). The van der Waals surface area contributed by atoms with Crippen molar-refractivity contribution in [3.05, 3.63) is 83.7 Å². The second kappa shape index (κ2) is 7.37. The first-order chi connectivity index (χ1) is 14.7. The van der Waals surface area contributed by atoms with E-state index in [1.54, 1.807) is 17.0 Å². The lowest BCUT2D eigenvalue weighted by atomic mass is 10.0. The molecule has 0 saturated carbocycles. The minimum atomic E-state index is -0.0578. The van der Waals surface area contributed by atoms with E-state index in [4.69, 9.17) is 10.00 Å². The Kier molecular flexibility index (Phi) is 4.41. The van der Waals surface area contributed by atoms with Gasteiger partial charge >= 0.3 is 0 Å². The van der Waals surface area contributed by atoms with Gasteiger partial charge in [-0.15, -0.1) is 0 Å². The van der Waals surface area contributed by atoms with Gasteiger partial charge in [0.2, 0.25) is 0 Å². The third-order valence-electron chi connectivity index (χ3n) is 5.31. The van der Waals surface area contributed by atoms with Crippen molar-refractivity contribution in [2.75, 3.05) is 13.2 Å². The third kappa shape index (κ3) is 3.27. The van der Waals surface area contributed by atoms with Gasteiger partial charge in [-0.25, -0.2) is 4.98 Å². The van der Waals surface area contributed by atoms with Crippen molar-refractivity contribution in [3.63, 3.8) is 0 Å². The summed E-state index contributed by atoms with van der Waals surface area (Å²) in [4.78, 5) is 22.4. The summed E-state index contributed by atoms with van der Waals surface area (Å²) >= 11 is 0. The van der Waals surface area contributed by atoms with Crippen LogP contribution < -0.4 is 4.74 Å². The first-order valence-corrected chi connectivity index (χ1v) is 9.70. The summed E-state index contributed by atoms with van der Waals surface area (Å²) in [5.41, 5.74) is 4.92. The Labute approximate surface area is 173 Å². The molecule has 0 saturated heterocycles. The van der Waals surface area contributed by atoms with Gasteiger partial charge in [0.05, 0.1) is 23.7 Å². The van der Waals surface area contributed by atoms with Gasteiger partial charge in [0.25, 0.3) is 5.91 Å². The van der Waals surface area contributed by atoms with Crippen LogP contribution >= 0.6 is 0 Å². The zero-order valence-electron chi connectivity index (χ0n) is 16.1. The molecule has 0 atom stereocenters. The third-order valence-corrected chi connectivity index (χ3v) is 5.31. The van der Waals surface area contributed by atoms with E-state index >= 15 is 0 Å². The normalized spacial score (nSPS) is 13.4. The van der Waals surface area contributed by atoms with Crippen LogP contribution in [0, 0.1) is 11.3 Å². The summed E-state index contributed by atoms with van der Waals surface area (Å²) in [7, 11) is 0. The molecule has 30 heavy (non-hydrogen) atoms. The van der Waals surface area contributed by atoms with Gasteiger partial charge in [-0.05, 0) is 47.5 Å². The number of nitrogens with zero attached hydrogens (tertiary/aromatic N) is 3. The van der Waals surface area contributed by atoms with Crippen molar-refractivity contribution in [2.24, 2.45) is 0 Å². The summed E-state index contributed by atoms with van der Waals surface area (Å²) in [6, 6.07) is 19.1. The monoisotopic (exact) mass is 394 g/mol. The fourth-order valence-electron chi connectivity index (χ4n) is 3.69. The predicted octanol–water partition coefficient (Wildman–Crippen LogP) is 4.14. The molecule has 2 aromatic heterocycles. The molecule has 2 aromatic carbocycles. The van der Waals surface area contributed by atoms with Crippen LogP contribution in [-0.2, 0) is 6.54 Å². The molecule has 0 spiro atoms. The number of rotatable bonds is 3. The number of hydrogen-bond donors (Lipinski definition) is 1. The Bertz CT molecular complexity index is 1280.